The zero-order valence-electron chi connectivity index (χ0n) is 22.1. The van der Waals surface area contributed by atoms with Crippen molar-refractivity contribution in [1.29, 1.82) is 0 Å². The van der Waals surface area contributed by atoms with Crippen LogP contribution in [0.1, 0.15) is 67.9 Å². The number of hydrogen-bond donors (Lipinski definition) is 2. The maximum atomic E-state index is 15.7. The quantitative estimate of drug-likeness (QED) is 0.552. The summed E-state index contributed by atoms with van der Waals surface area (Å²) in [5.74, 6) is -3.77. The third-order valence-corrected chi connectivity index (χ3v) is 7.33. The molecule has 0 aromatic heterocycles. The van der Waals surface area contributed by atoms with Crippen LogP contribution in [0.3, 0.4) is 0 Å². The van der Waals surface area contributed by atoms with Crippen molar-refractivity contribution < 1.29 is 37.8 Å². The zero-order chi connectivity index (χ0) is 28.0. The lowest BCUT2D eigenvalue weighted by atomic mass is 9.82. The number of imide groups is 1. The SMILES string of the molecule is CN(CCN1CCC(O)(c2c(F)cc3c(c2F)CN(C2CCC(=O)NC2=O)C3=O)CC1)C(=O)OC(C)(C)C. The Morgan fingerprint density at radius 2 is 1.89 bits per heavy atom. The Labute approximate surface area is 219 Å². The normalized spacial score (nSPS) is 21.8. The van der Waals surface area contributed by atoms with Gasteiger partial charge in [-0.15, -0.1) is 0 Å². The molecule has 10 nitrogen and oxygen atoms in total. The molecule has 0 spiro atoms. The molecule has 0 bridgehead atoms. The molecular weight excluding hydrogens is 502 g/mol. The second-order valence-corrected chi connectivity index (χ2v) is 11.2. The number of nitrogens with zero attached hydrogens (tertiary/aromatic N) is 3. The number of fused-ring (bicyclic) bond motifs is 1. The van der Waals surface area contributed by atoms with Crippen LogP contribution in [0.4, 0.5) is 13.6 Å². The number of likely N-dealkylation sites (N-methyl/N-ethyl adjacent to an activating group) is 1. The minimum Gasteiger partial charge on any atom is -0.444 e. The van der Waals surface area contributed by atoms with Gasteiger partial charge in [-0.05, 0) is 46.1 Å². The fourth-order valence-corrected chi connectivity index (χ4v) is 5.18. The number of carbonyl (C=O) groups excluding carboxylic acids is 4. The summed E-state index contributed by atoms with van der Waals surface area (Å²) in [5, 5.41) is 13.5. The molecule has 3 aliphatic heterocycles. The summed E-state index contributed by atoms with van der Waals surface area (Å²) in [6, 6.07) is -0.0223. The summed E-state index contributed by atoms with van der Waals surface area (Å²) < 4.78 is 36.3. The number of carbonyl (C=O) groups is 4. The Morgan fingerprint density at radius 3 is 2.50 bits per heavy atom. The molecule has 2 fully saturated rings. The Balaban J connectivity index is 1.43. The van der Waals surface area contributed by atoms with Gasteiger partial charge in [0.05, 0.1) is 23.3 Å². The molecule has 1 unspecified atom stereocenters. The average Bonchev–Trinajstić information content (AvgIpc) is 3.13. The van der Waals surface area contributed by atoms with E-state index < -0.39 is 58.3 Å². The van der Waals surface area contributed by atoms with E-state index in [1.165, 1.54) is 4.90 Å². The first-order valence-corrected chi connectivity index (χ1v) is 12.7. The topological polar surface area (TPSA) is 119 Å². The summed E-state index contributed by atoms with van der Waals surface area (Å²) in [6.45, 7) is 6.66. The van der Waals surface area contributed by atoms with E-state index in [1.54, 1.807) is 27.8 Å². The van der Waals surface area contributed by atoms with Gasteiger partial charge < -0.3 is 24.5 Å². The molecular formula is C26H34F2N4O6. The highest BCUT2D eigenvalue weighted by Crippen LogP contribution is 2.40. The number of hydrogen-bond acceptors (Lipinski definition) is 7. The highest BCUT2D eigenvalue weighted by atomic mass is 19.1. The van der Waals surface area contributed by atoms with Crippen molar-refractivity contribution in [3.05, 3.63) is 34.4 Å². The molecule has 38 heavy (non-hydrogen) atoms. The van der Waals surface area contributed by atoms with Gasteiger partial charge in [-0.25, -0.2) is 13.6 Å². The van der Waals surface area contributed by atoms with Crippen LogP contribution in [0.2, 0.25) is 0 Å². The molecule has 2 N–H and O–H groups in total. The summed E-state index contributed by atoms with van der Waals surface area (Å²) in [6.07, 6.45) is -0.192. The van der Waals surface area contributed by atoms with E-state index in [2.05, 4.69) is 5.32 Å². The van der Waals surface area contributed by atoms with Crippen LogP contribution in [0.5, 0.6) is 0 Å². The summed E-state index contributed by atoms with van der Waals surface area (Å²) >= 11 is 0. The number of nitrogens with one attached hydrogen (secondary N) is 1. The Hall–Kier alpha value is -3.12. The molecule has 4 amide bonds. The molecule has 0 radical (unpaired) electrons. The van der Waals surface area contributed by atoms with E-state index >= 15 is 8.78 Å². The molecule has 0 aliphatic carbocycles. The van der Waals surface area contributed by atoms with E-state index in [0.29, 0.717) is 26.2 Å². The van der Waals surface area contributed by atoms with Crippen molar-refractivity contribution >= 4 is 23.8 Å². The number of ether oxygens (including phenoxy) is 1. The van der Waals surface area contributed by atoms with E-state index in [1.807, 2.05) is 4.90 Å². The smallest absolute Gasteiger partial charge is 0.410 e. The van der Waals surface area contributed by atoms with Gasteiger partial charge in [0.2, 0.25) is 11.8 Å². The first-order valence-electron chi connectivity index (χ1n) is 12.7. The predicted molar refractivity (Wildman–Crippen MR) is 131 cm³/mol. The highest BCUT2D eigenvalue weighted by Gasteiger charge is 2.45. The van der Waals surface area contributed by atoms with Gasteiger partial charge in [-0.3, -0.25) is 19.7 Å². The van der Waals surface area contributed by atoms with Gasteiger partial charge in [-0.1, -0.05) is 0 Å². The number of likely N-dealkylation sites (tertiary alicyclic amines) is 1. The lowest BCUT2D eigenvalue weighted by Crippen LogP contribution is -2.52. The van der Waals surface area contributed by atoms with Crippen LogP contribution in [-0.4, -0.2) is 88.5 Å². The van der Waals surface area contributed by atoms with E-state index in [0.717, 1.165) is 11.0 Å². The number of rotatable bonds is 5. The molecule has 3 aliphatic rings. The third kappa shape index (κ3) is 5.51. The van der Waals surface area contributed by atoms with Crippen molar-refractivity contribution in [3.8, 4) is 0 Å². The summed E-state index contributed by atoms with van der Waals surface area (Å²) in [4.78, 5) is 53.4. The number of halogens is 2. The molecule has 1 aromatic rings. The number of aliphatic hydroxyl groups is 1. The first kappa shape index (κ1) is 27.9. The second-order valence-electron chi connectivity index (χ2n) is 11.2. The number of piperidine rings is 2. The highest BCUT2D eigenvalue weighted by molar-refractivity contribution is 6.05. The lowest BCUT2D eigenvalue weighted by Gasteiger charge is -2.39. The van der Waals surface area contributed by atoms with Crippen molar-refractivity contribution in [3.63, 3.8) is 0 Å². The fourth-order valence-electron chi connectivity index (χ4n) is 5.18. The van der Waals surface area contributed by atoms with Crippen LogP contribution in [-0.2, 0) is 26.5 Å². The predicted octanol–water partition coefficient (Wildman–Crippen LogP) is 1.88. The second kappa shape index (κ2) is 10.2. The first-order chi connectivity index (χ1) is 17.7. The Kier molecular flexibility index (Phi) is 7.50. The zero-order valence-corrected chi connectivity index (χ0v) is 22.1. The van der Waals surface area contributed by atoms with Crippen LogP contribution >= 0.6 is 0 Å². The van der Waals surface area contributed by atoms with Gasteiger partial charge in [-0.2, -0.15) is 0 Å². The summed E-state index contributed by atoms with van der Waals surface area (Å²) in [5.41, 5.74) is -3.10. The van der Waals surface area contributed by atoms with Crippen molar-refractivity contribution in [2.45, 2.75) is 70.2 Å². The van der Waals surface area contributed by atoms with Crippen LogP contribution in [0.25, 0.3) is 0 Å². The maximum absolute atomic E-state index is 15.7. The van der Waals surface area contributed by atoms with Gasteiger partial charge in [0.15, 0.2) is 0 Å². The number of amides is 4. The maximum Gasteiger partial charge on any atom is 0.410 e. The van der Waals surface area contributed by atoms with Gasteiger partial charge >= 0.3 is 6.09 Å². The minimum atomic E-state index is -1.78. The van der Waals surface area contributed by atoms with Crippen LogP contribution < -0.4 is 5.32 Å². The Bertz CT molecular complexity index is 1160. The molecule has 4 rings (SSSR count). The molecule has 12 heteroatoms. The average molecular weight is 537 g/mol. The van der Waals surface area contributed by atoms with Crippen molar-refractivity contribution in [2.24, 2.45) is 0 Å². The Morgan fingerprint density at radius 1 is 1.24 bits per heavy atom. The van der Waals surface area contributed by atoms with E-state index in [-0.39, 0.29) is 43.4 Å². The largest absolute Gasteiger partial charge is 0.444 e. The van der Waals surface area contributed by atoms with Crippen LogP contribution in [0.15, 0.2) is 6.07 Å². The molecule has 1 atom stereocenters. The third-order valence-electron chi connectivity index (χ3n) is 7.33. The summed E-state index contributed by atoms with van der Waals surface area (Å²) in [7, 11) is 1.63. The molecule has 2 saturated heterocycles. The van der Waals surface area contributed by atoms with E-state index in [4.69, 9.17) is 4.74 Å². The molecule has 1 aromatic carbocycles. The minimum absolute atomic E-state index is 0.0441. The monoisotopic (exact) mass is 536 g/mol. The van der Waals surface area contributed by atoms with Gasteiger partial charge in [0.1, 0.15) is 23.3 Å². The standard InChI is InChI=1S/C26H34F2N4O6/c1-25(2,3)38-24(36)30(4)11-12-31-9-7-26(37,8-10-31)20-17(27)13-15-16(21(20)28)14-32(23(15)35)18-5-6-19(33)29-22(18)34/h13,18,37H,5-12,14H2,1-4H3,(H,29,33,34). The van der Waals surface area contributed by atoms with E-state index in [9.17, 15) is 24.3 Å². The van der Waals surface area contributed by atoms with Crippen molar-refractivity contribution in [2.75, 3.05) is 33.2 Å². The molecule has 3 heterocycles. The fraction of sp³-hybridized carbons (Fsp3) is 0.615. The number of benzene rings is 1. The molecule has 208 valence electrons. The van der Waals surface area contributed by atoms with Crippen molar-refractivity contribution in [1.82, 2.24) is 20.0 Å². The van der Waals surface area contributed by atoms with Gasteiger partial charge in [0.25, 0.3) is 5.91 Å². The lowest BCUT2D eigenvalue weighted by molar-refractivity contribution is -0.136. The molecule has 0 saturated carbocycles. The van der Waals surface area contributed by atoms with Gasteiger partial charge in [0, 0.05) is 45.2 Å². The van der Waals surface area contributed by atoms with Crippen LogP contribution in [0, 0.1) is 11.6 Å².